The standard InChI is InChI=1S/C12H14N2O/c1-15-11-6-5-9-3-2-4-10(7-8-13)12(9)14-11/h2-6H,7-8,13H2,1H3. The Balaban J connectivity index is 2.59. The van der Waals surface area contributed by atoms with Crippen molar-refractivity contribution in [3.63, 3.8) is 0 Å². The largest absolute Gasteiger partial charge is 0.481 e. The van der Waals surface area contributed by atoms with Gasteiger partial charge in [-0.2, -0.15) is 0 Å². The third-order valence-corrected chi connectivity index (χ3v) is 2.40. The summed E-state index contributed by atoms with van der Waals surface area (Å²) in [6.07, 6.45) is 0.845. The van der Waals surface area contributed by atoms with Crippen LogP contribution in [-0.4, -0.2) is 18.6 Å². The van der Waals surface area contributed by atoms with Crippen molar-refractivity contribution < 1.29 is 4.74 Å². The van der Waals surface area contributed by atoms with Gasteiger partial charge in [-0.3, -0.25) is 0 Å². The highest BCUT2D eigenvalue weighted by Crippen LogP contribution is 2.20. The topological polar surface area (TPSA) is 48.1 Å². The van der Waals surface area contributed by atoms with Crippen LogP contribution in [0.15, 0.2) is 30.3 Å². The molecule has 3 nitrogen and oxygen atoms in total. The van der Waals surface area contributed by atoms with Crippen LogP contribution in [0, 0.1) is 0 Å². The van der Waals surface area contributed by atoms with Crippen LogP contribution in [0.3, 0.4) is 0 Å². The monoisotopic (exact) mass is 202 g/mol. The van der Waals surface area contributed by atoms with E-state index in [9.17, 15) is 0 Å². The molecule has 1 aromatic heterocycles. The van der Waals surface area contributed by atoms with Crippen molar-refractivity contribution in [2.45, 2.75) is 6.42 Å². The predicted octanol–water partition coefficient (Wildman–Crippen LogP) is 1.74. The van der Waals surface area contributed by atoms with Crippen LogP contribution in [0.4, 0.5) is 0 Å². The SMILES string of the molecule is COc1ccc2cccc(CCN)c2n1. The molecule has 15 heavy (non-hydrogen) atoms. The first kappa shape index (κ1) is 9.93. The van der Waals surface area contributed by atoms with Gasteiger partial charge in [0.15, 0.2) is 0 Å². The van der Waals surface area contributed by atoms with Crippen molar-refractivity contribution in [2.24, 2.45) is 5.73 Å². The minimum Gasteiger partial charge on any atom is -0.481 e. The van der Waals surface area contributed by atoms with Crippen molar-refractivity contribution in [3.8, 4) is 5.88 Å². The zero-order valence-electron chi connectivity index (χ0n) is 8.73. The summed E-state index contributed by atoms with van der Waals surface area (Å²) in [4.78, 5) is 4.43. The van der Waals surface area contributed by atoms with E-state index >= 15 is 0 Å². The quantitative estimate of drug-likeness (QED) is 0.824. The van der Waals surface area contributed by atoms with E-state index in [2.05, 4.69) is 11.1 Å². The predicted molar refractivity (Wildman–Crippen MR) is 61.1 cm³/mol. The van der Waals surface area contributed by atoms with E-state index in [0.717, 1.165) is 17.3 Å². The van der Waals surface area contributed by atoms with Crippen LogP contribution < -0.4 is 10.5 Å². The van der Waals surface area contributed by atoms with Crippen LogP contribution in [0.5, 0.6) is 5.88 Å². The average Bonchev–Trinajstić information content (AvgIpc) is 2.29. The summed E-state index contributed by atoms with van der Waals surface area (Å²) in [5, 5.41) is 1.13. The molecule has 0 saturated carbocycles. The van der Waals surface area contributed by atoms with E-state index < -0.39 is 0 Å². The van der Waals surface area contributed by atoms with Crippen LogP contribution in [0.1, 0.15) is 5.56 Å². The van der Waals surface area contributed by atoms with Crippen molar-refractivity contribution in [2.75, 3.05) is 13.7 Å². The van der Waals surface area contributed by atoms with Gasteiger partial charge in [0.1, 0.15) is 0 Å². The van der Waals surface area contributed by atoms with Gasteiger partial charge in [-0.15, -0.1) is 0 Å². The van der Waals surface area contributed by atoms with Gasteiger partial charge >= 0.3 is 0 Å². The van der Waals surface area contributed by atoms with Gasteiger partial charge in [0.25, 0.3) is 0 Å². The molecular weight excluding hydrogens is 188 g/mol. The highest BCUT2D eigenvalue weighted by molar-refractivity contribution is 5.82. The molecule has 0 radical (unpaired) electrons. The summed E-state index contributed by atoms with van der Waals surface area (Å²) in [7, 11) is 1.62. The number of nitrogens with two attached hydrogens (primary N) is 1. The Bertz CT molecular complexity index is 468. The minimum atomic E-state index is 0.637. The van der Waals surface area contributed by atoms with E-state index in [4.69, 9.17) is 10.5 Å². The first-order valence-electron chi connectivity index (χ1n) is 4.98. The third-order valence-electron chi connectivity index (χ3n) is 2.40. The van der Waals surface area contributed by atoms with Crippen LogP contribution in [0.2, 0.25) is 0 Å². The van der Waals surface area contributed by atoms with E-state index in [1.807, 2.05) is 24.3 Å². The maximum absolute atomic E-state index is 5.56. The van der Waals surface area contributed by atoms with Gasteiger partial charge in [-0.05, 0) is 24.6 Å². The van der Waals surface area contributed by atoms with Gasteiger partial charge < -0.3 is 10.5 Å². The second-order valence-electron chi connectivity index (χ2n) is 3.38. The molecule has 0 bridgehead atoms. The van der Waals surface area contributed by atoms with E-state index in [0.29, 0.717) is 12.4 Å². The Kier molecular flexibility index (Phi) is 2.83. The van der Waals surface area contributed by atoms with Gasteiger partial charge in [-0.25, -0.2) is 4.98 Å². The lowest BCUT2D eigenvalue weighted by atomic mass is 10.1. The molecular formula is C12H14N2O. The molecule has 2 N–H and O–H groups in total. The molecule has 0 fully saturated rings. The molecule has 0 spiro atoms. The van der Waals surface area contributed by atoms with Gasteiger partial charge in [0.2, 0.25) is 5.88 Å². The molecule has 0 saturated heterocycles. The third kappa shape index (κ3) is 1.92. The molecule has 0 amide bonds. The van der Waals surface area contributed by atoms with Gasteiger partial charge in [0.05, 0.1) is 12.6 Å². The number of aromatic nitrogens is 1. The van der Waals surface area contributed by atoms with Crippen LogP contribution in [0.25, 0.3) is 10.9 Å². The normalized spacial score (nSPS) is 10.5. The average molecular weight is 202 g/mol. The number of fused-ring (bicyclic) bond motifs is 1. The molecule has 1 heterocycles. The number of benzene rings is 1. The highest BCUT2D eigenvalue weighted by Gasteiger charge is 2.02. The molecule has 2 rings (SSSR count). The number of rotatable bonds is 3. The van der Waals surface area contributed by atoms with Crippen molar-refractivity contribution in [1.29, 1.82) is 0 Å². The van der Waals surface area contributed by atoms with Crippen molar-refractivity contribution in [1.82, 2.24) is 4.98 Å². The lowest BCUT2D eigenvalue weighted by molar-refractivity contribution is 0.399. The Morgan fingerprint density at radius 1 is 1.27 bits per heavy atom. The number of pyridine rings is 1. The summed E-state index contributed by atoms with van der Waals surface area (Å²) in [6, 6.07) is 10.0. The Labute approximate surface area is 88.9 Å². The smallest absolute Gasteiger partial charge is 0.213 e. The molecule has 0 aliphatic carbocycles. The van der Waals surface area contributed by atoms with Crippen LogP contribution >= 0.6 is 0 Å². The van der Waals surface area contributed by atoms with Crippen molar-refractivity contribution in [3.05, 3.63) is 35.9 Å². The zero-order valence-corrected chi connectivity index (χ0v) is 8.73. The lowest BCUT2D eigenvalue weighted by Crippen LogP contribution is -2.03. The molecule has 0 aliphatic rings. The van der Waals surface area contributed by atoms with E-state index in [1.165, 1.54) is 5.56 Å². The summed E-state index contributed by atoms with van der Waals surface area (Å²) < 4.78 is 5.11. The summed E-state index contributed by atoms with van der Waals surface area (Å²) in [5.74, 6) is 0.645. The molecule has 78 valence electrons. The van der Waals surface area contributed by atoms with Gasteiger partial charge in [0, 0.05) is 11.5 Å². The fraction of sp³-hybridized carbons (Fsp3) is 0.250. The second kappa shape index (κ2) is 4.28. The fourth-order valence-electron chi connectivity index (χ4n) is 1.66. The van der Waals surface area contributed by atoms with Gasteiger partial charge in [-0.1, -0.05) is 18.2 Å². The number of methoxy groups -OCH3 is 1. The molecule has 3 heteroatoms. The first-order chi connectivity index (χ1) is 7.35. The highest BCUT2D eigenvalue weighted by atomic mass is 16.5. The van der Waals surface area contributed by atoms with Crippen molar-refractivity contribution >= 4 is 10.9 Å². The molecule has 0 unspecified atom stereocenters. The Morgan fingerprint density at radius 3 is 2.87 bits per heavy atom. The summed E-state index contributed by atoms with van der Waals surface area (Å²) in [5.41, 5.74) is 7.73. The number of ether oxygens (including phenoxy) is 1. The first-order valence-corrected chi connectivity index (χ1v) is 4.98. The zero-order chi connectivity index (χ0) is 10.7. The molecule has 2 aromatic rings. The minimum absolute atomic E-state index is 0.637. The summed E-state index contributed by atoms with van der Waals surface area (Å²) in [6.45, 7) is 0.637. The maximum Gasteiger partial charge on any atom is 0.213 e. The van der Waals surface area contributed by atoms with E-state index in [-0.39, 0.29) is 0 Å². The Hall–Kier alpha value is -1.61. The Morgan fingerprint density at radius 2 is 2.13 bits per heavy atom. The summed E-state index contributed by atoms with van der Waals surface area (Å²) >= 11 is 0. The van der Waals surface area contributed by atoms with Crippen LogP contribution in [-0.2, 0) is 6.42 Å². The molecule has 1 aromatic carbocycles. The number of para-hydroxylation sites is 1. The second-order valence-corrected chi connectivity index (χ2v) is 3.38. The lowest BCUT2D eigenvalue weighted by Gasteiger charge is -2.06. The maximum atomic E-state index is 5.56. The number of hydrogen-bond acceptors (Lipinski definition) is 3. The van der Waals surface area contributed by atoms with E-state index in [1.54, 1.807) is 7.11 Å². The molecule has 0 aliphatic heterocycles. The number of nitrogens with zero attached hydrogens (tertiary/aromatic N) is 1. The number of hydrogen-bond donors (Lipinski definition) is 1. The molecule has 0 atom stereocenters. The fourth-order valence-corrected chi connectivity index (χ4v) is 1.66.